The van der Waals surface area contributed by atoms with Gasteiger partial charge in [-0.1, -0.05) is 25.1 Å². The van der Waals surface area contributed by atoms with Crippen LogP contribution in [0.25, 0.3) is 0 Å². The molecule has 0 fully saturated rings. The van der Waals surface area contributed by atoms with Gasteiger partial charge in [0.05, 0.1) is 7.11 Å². The van der Waals surface area contributed by atoms with Crippen LogP contribution >= 0.6 is 11.6 Å². The quantitative estimate of drug-likeness (QED) is 0.741. The van der Waals surface area contributed by atoms with Crippen LogP contribution in [-0.2, 0) is 6.54 Å². The summed E-state index contributed by atoms with van der Waals surface area (Å²) in [7, 11) is 1.70. The third-order valence-corrected chi connectivity index (χ3v) is 2.82. The molecule has 0 aliphatic carbocycles. The highest BCUT2D eigenvalue weighted by molar-refractivity contribution is 6.17. The Morgan fingerprint density at radius 1 is 1.38 bits per heavy atom. The molecule has 90 valence electrons. The molecule has 1 N–H and O–H groups in total. The first-order valence-corrected chi connectivity index (χ1v) is 6.20. The molecule has 3 heteroatoms. The van der Waals surface area contributed by atoms with Crippen molar-refractivity contribution in [3.05, 3.63) is 29.8 Å². The first-order valence-electron chi connectivity index (χ1n) is 5.66. The van der Waals surface area contributed by atoms with Gasteiger partial charge in [-0.2, -0.15) is 0 Å². The van der Waals surface area contributed by atoms with Gasteiger partial charge in [-0.25, -0.2) is 0 Å². The molecule has 0 saturated carbocycles. The number of para-hydroxylation sites is 1. The van der Waals surface area contributed by atoms with Gasteiger partial charge in [-0.15, -0.1) is 11.6 Å². The number of rotatable bonds is 7. The lowest BCUT2D eigenvalue weighted by Gasteiger charge is -2.12. The Labute approximate surface area is 103 Å². The average Bonchev–Trinajstić information content (AvgIpc) is 2.30. The Balaban J connectivity index is 2.36. The van der Waals surface area contributed by atoms with Crippen LogP contribution in [0.4, 0.5) is 0 Å². The van der Waals surface area contributed by atoms with E-state index in [1.807, 2.05) is 18.2 Å². The first-order chi connectivity index (χ1) is 7.77. The molecule has 1 rings (SSSR count). The van der Waals surface area contributed by atoms with Crippen molar-refractivity contribution in [2.75, 3.05) is 19.5 Å². The van der Waals surface area contributed by atoms with Crippen LogP contribution in [0, 0.1) is 5.92 Å². The Kier molecular flexibility index (Phi) is 6.27. The average molecular weight is 242 g/mol. The minimum Gasteiger partial charge on any atom is -0.496 e. The molecule has 2 nitrogen and oxygen atoms in total. The summed E-state index contributed by atoms with van der Waals surface area (Å²) in [6.45, 7) is 4.04. The number of nitrogens with one attached hydrogen (secondary N) is 1. The van der Waals surface area contributed by atoms with Crippen LogP contribution in [0.5, 0.6) is 5.75 Å². The summed E-state index contributed by atoms with van der Waals surface area (Å²) < 4.78 is 5.29. The van der Waals surface area contributed by atoms with Crippen molar-refractivity contribution in [1.29, 1.82) is 0 Å². The second kappa shape index (κ2) is 7.53. The molecule has 0 amide bonds. The van der Waals surface area contributed by atoms with Gasteiger partial charge in [0.1, 0.15) is 5.75 Å². The number of halogens is 1. The standard InChI is InChI=1S/C13H20ClNO/c1-11(7-8-14)9-15-10-12-5-3-4-6-13(12)16-2/h3-6,11,15H,7-10H2,1-2H3. The number of methoxy groups -OCH3 is 1. The van der Waals surface area contributed by atoms with Crippen LogP contribution in [-0.4, -0.2) is 19.5 Å². The van der Waals surface area contributed by atoms with Crippen LogP contribution in [0.1, 0.15) is 18.9 Å². The van der Waals surface area contributed by atoms with Gasteiger partial charge in [0.2, 0.25) is 0 Å². The first kappa shape index (κ1) is 13.3. The maximum Gasteiger partial charge on any atom is 0.123 e. The molecule has 0 aliphatic rings. The van der Waals surface area contributed by atoms with E-state index < -0.39 is 0 Å². The van der Waals surface area contributed by atoms with E-state index in [9.17, 15) is 0 Å². The zero-order valence-electron chi connectivity index (χ0n) is 10.0. The highest BCUT2D eigenvalue weighted by Gasteiger charge is 2.03. The van der Waals surface area contributed by atoms with Crippen molar-refractivity contribution in [2.45, 2.75) is 19.9 Å². The molecule has 0 heterocycles. The number of hydrogen-bond acceptors (Lipinski definition) is 2. The Hall–Kier alpha value is -0.730. The molecule has 0 radical (unpaired) electrons. The number of ether oxygens (including phenoxy) is 1. The summed E-state index contributed by atoms with van der Waals surface area (Å²) in [6.07, 6.45) is 1.06. The molecule has 0 aromatic heterocycles. The van der Waals surface area contributed by atoms with Crippen molar-refractivity contribution < 1.29 is 4.74 Å². The summed E-state index contributed by atoms with van der Waals surface area (Å²) in [5, 5.41) is 3.42. The summed E-state index contributed by atoms with van der Waals surface area (Å²) in [5.74, 6) is 2.30. The topological polar surface area (TPSA) is 21.3 Å². The van der Waals surface area contributed by atoms with E-state index in [1.54, 1.807) is 7.11 Å². The van der Waals surface area contributed by atoms with Crippen molar-refractivity contribution in [2.24, 2.45) is 5.92 Å². The predicted molar refractivity (Wildman–Crippen MR) is 69.2 cm³/mol. The zero-order valence-corrected chi connectivity index (χ0v) is 10.8. The minimum atomic E-state index is 0.618. The van der Waals surface area contributed by atoms with Crippen molar-refractivity contribution in [3.8, 4) is 5.75 Å². The lowest BCUT2D eigenvalue weighted by atomic mass is 10.1. The fraction of sp³-hybridized carbons (Fsp3) is 0.538. The molecule has 16 heavy (non-hydrogen) atoms. The van der Waals surface area contributed by atoms with Gasteiger partial charge in [0.25, 0.3) is 0 Å². The lowest BCUT2D eigenvalue weighted by molar-refractivity contribution is 0.406. The second-order valence-corrected chi connectivity index (χ2v) is 4.40. The van der Waals surface area contributed by atoms with Gasteiger partial charge >= 0.3 is 0 Å². The SMILES string of the molecule is COc1ccccc1CNCC(C)CCCl. The molecule has 1 unspecified atom stereocenters. The smallest absolute Gasteiger partial charge is 0.123 e. The van der Waals surface area contributed by atoms with Crippen molar-refractivity contribution in [1.82, 2.24) is 5.32 Å². The molecule has 0 saturated heterocycles. The molecule has 1 atom stereocenters. The van der Waals surface area contributed by atoms with Crippen LogP contribution in [0.15, 0.2) is 24.3 Å². The monoisotopic (exact) mass is 241 g/mol. The Morgan fingerprint density at radius 3 is 2.81 bits per heavy atom. The van der Waals surface area contributed by atoms with E-state index in [4.69, 9.17) is 16.3 Å². The molecule has 0 bridgehead atoms. The zero-order chi connectivity index (χ0) is 11.8. The highest BCUT2D eigenvalue weighted by atomic mass is 35.5. The van der Waals surface area contributed by atoms with Gasteiger partial charge in [-0.3, -0.25) is 0 Å². The number of alkyl halides is 1. The molecule has 1 aromatic carbocycles. The summed E-state index contributed by atoms with van der Waals surface area (Å²) >= 11 is 5.69. The maximum absolute atomic E-state index is 5.69. The van der Waals surface area contributed by atoms with Gasteiger partial charge in [-0.05, 0) is 24.9 Å². The van der Waals surface area contributed by atoms with E-state index in [1.165, 1.54) is 5.56 Å². The molecule has 0 spiro atoms. The van der Waals surface area contributed by atoms with E-state index in [0.29, 0.717) is 5.92 Å². The van der Waals surface area contributed by atoms with Crippen molar-refractivity contribution in [3.63, 3.8) is 0 Å². The summed E-state index contributed by atoms with van der Waals surface area (Å²) in [6, 6.07) is 8.08. The van der Waals surface area contributed by atoms with Gasteiger partial charge in [0.15, 0.2) is 0 Å². The van der Waals surface area contributed by atoms with Crippen LogP contribution in [0.3, 0.4) is 0 Å². The van der Waals surface area contributed by atoms with Crippen LogP contribution in [0.2, 0.25) is 0 Å². The molecular weight excluding hydrogens is 222 g/mol. The molecule has 1 aromatic rings. The molecule has 0 aliphatic heterocycles. The van der Waals surface area contributed by atoms with Gasteiger partial charge < -0.3 is 10.1 Å². The summed E-state index contributed by atoms with van der Waals surface area (Å²) in [5.41, 5.74) is 1.20. The minimum absolute atomic E-state index is 0.618. The van der Waals surface area contributed by atoms with E-state index >= 15 is 0 Å². The maximum atomic E-state index is 5.69. The largest absolute Gasteiger partial charge is 0.496 e. The fourth-order valence-corrected chi connectivity index (χ4v) is 1.96. The molecular formula is C13H20ClNO. The number of hydrogen-bond donors (Lipinski definition) is 1. The van der Waals surface area contributed by atoms with Crippen molar-refractivity contribution >= 4 is 11.6 Å². The van der Waals surface area contributed by atoms with E-state index in [-0.39, 0.29) is 0 Å². The summed E-state index contributed by atoms with van der Waals surface area (Å²) in [4.78, 5) is 0. The van der Waals surface area contributed by atoms with E-state index in [2.05, 4.69) is 18.3 Å². The third kappa shape index (κ3) is 4.42. The van der Waals surface area contributed by atoms with Gasteiger partial charge in [0, 0.05) is 18.0 Å². The fourth-order valence-electron chi connectivity index (χ4n) is 1.59. The number of benzene rings is 1. The highest BCUT2D eigenvalue weighted by Crippen LogP contribution is 2.16. The second-order valence-electron chi connectivity index (χ2n) is 4.03. The Bertz CT molecular complexity index is 304. The predicted octanol–water partition coefficient (Wildman–Crippen LogP) is 3.05. The third-order valence-electron chi connectivity index (χ3n) is 2.60. The van der Waals surface area contributed by atoms with E-state index in [0.717, 1.165) is 31.1 Å². The lowest BCUT2D eigenvalue weighted by Crippen LogP contribution is -2.21. The van der Waals surface area contributed by atoms with Crippen LogP contribution < -0.4 is 10.1 Å². The normalized spacial score (nSPS) is 12.4. The Morgan fingerprint density at radius 2 is 2.12 bits per heavy atom.